The van der Waals surface area contributed by atoms with Gasteiger partial charge in [-0.2, -0.15) is 5.10 Å². The highest BCUT2D eigenvalue weighted by molar-refractivity contribution is 5.76. The summed E-state index contributed by atoms with van der Waals surface area (Å²) in [6, 6.07) is 8.63. The van der Waals surface area contributed by atoms with E-state index in [2.05, 4.69) is 10.1 Å². The van der Waals surface area contributed by atoms with Crippen molar-refractivity contribution in [2.24, 2.45) is 0 Å². The molecule has 0 bridgehead atoms. The summed E-state index contributed by atoms with van der Waals surface area (Å²) in [5.41, 5.74) is 2.93. The Morgan fingerprint density at radius 1 is 1.22 bits per heavy atom. The molecule has 0 N–H and O–H groups in total. The van der Waals surface area contributed by atoms with Crippen LogP contribution in [0, 0.1) is 12.7 Å². The van der Waals surface area contributed by atoms with Crippen molar-refractivity contribution in [1.82, 2.24) is 24.6 Å². The largest absolute Gasteiger partial charge is 0.347 e. The Bertz CT molecular complexity index is 1100. The molecule has 32 heavy (non-hydrogen) atoms. The van der Waals surface area contributed by atoms with E-state index in [9.17, 15) is 9.18 Å². The van der Waals surface area contributed by atoms with Crippen LogP contribution in [0.25, 0.3) is 11.1 Å². The van der Waals surface area contributed by atoms with Gasteiger partial charge in [0.1, 0.15) is 5.82 Å². The maximum absolute atomic E-state index is 14.6. The number of likely N-dealkylation sites (tertiary alicyclic amines) is 1. The molecule has 1 amide bonds. The molecule has 168 valence electrons. The quantitative estimate of drug-likeness (QED) is 0.590. The molecular formula is C24H29FN6O. The number of piperidine rings is 1. The van der Waals surface area contributed by atoms with Crippen LogP contribution in [0.4, 0.5) is 10.3 Å². The Hall–Kier alpha value is -3.29. The van der Waals surface area contributed by atoms with Gasteiger partial charge in [0.2, 0.25) is 11.9 Å². The van der Waals surface area contributed by atoms with Gasteiger partial charge in [0.15, 0.2) is 0 Å². The molecule has 1 fully saturated rings. The molecule has 2 aromatic heterocycles. The molecule has 1 aliphatic heterocycles. The maximum atomic E-state index is 14.6. The number of hydrogen-bond donors (Lipinski definition) is 0. The van der Waals surface area contributed by atoms with Crippen molar-refractivity contribution >= 4 is 11.9 Å². The summed E-state index contributed by atoms with van der Waals surface area (Å²) >= 11 is 0. The predicted molar refractivity (Wildman–Crippen MR) is 122 cm³/mol. The van der Waals surface area contributed by atoms with Gasteiger partial charge in [-0.25, -0.2) is 14.4 Å². The topological polar surface area (TPSA) is 67.2 Å². The number of nitrogens with zero attached hydrogens (tertiary/aromatic N) is 6. The fourth-order valence-corrected chi connectivity index (χ4v) is 4.18. The van der Waals surface area contributed by atoms with Gasteiger partial charge in [-0.3, -0.25) is 9.48 Å². The van der Waals surface area contributed by atoms with Gasteiger partial charge in [0, 0.05) is 69.6 Å². The van der Waals surface area contributed by atoms with Crippen LogP contribution in [0.5, 0.6) is 0 Å². The van der Waals surface area contributed by atoms with Crippen LogP contribution in [0.2, 0.25) is 0 Å². The first-order chi connectivity index (χ1) is 15.4. The van der Waals surface area contributed by atoms with E-state index < -0.39 is 0 Å². The second-order valence-electron chi connectivity index (χ2n) is 8.49. The van der Waals surface area contributed by atoms with Crippen molar-refractivity contribution in [2.45, 2.75) is 38.6 Å². The van der Waals surface area contributed by atoms with Crippen molar-refractivity contribution in [3.05, 3.63) is 59.9 Å². The number of aromatic nitrogens is 4. The number of hydrogen-bond acceptors (Lipinski definition) is 5. The monoisotopic (exact) mass is 436 g/mol. The third-order valence-electron chi connectivity index (χ3n) is 5.86. The van der Waals surface area contributed by atoms with Gasteiger partial charge < -0.3 is 9.80 Å². The molecule has 3 aromatic rings. The van der Waals surface area contributed by atoms with Gasteiger partial charge in [-0.05, 0) is 31.9 Å². The van der Waals surface area contributed by atoms with E-state index >= 15 is 0 Å². The minimum Gasteiger partial charge on any atom is -0.347 e. The van der Waals surface area contributed by atoms with Gasteiger partial charge in [0.05, 0.1) is 11.4 Å². The van der Waals surface area contributed by atoms with E-state index in [0.717, 1.165) is 30.8 Å². The highest BCUT2D eigenvalue weighted by atomic mass is 19.1. The average molecular weight is 437 g/mol. The lowest BCUT2D eigenvalue weighted by Crippen LogP contribution is -2.40. The molecule has 7 nitrogen and oxygen atoms in total. The third-order valence-corrected chi connectivity index (χ3v) is 5.86. The molecule has 0 spiro atoms. The second-order valence-corrected chi connectivity index (χ2v) is 8.49. The van der Waals surface area contributed by atoms with Crippen molar-refractivity contribution in [1.29, 1.82) is 0 Å². The Morgan fingerprint density at radius 3 is 2.75 bits per heavy atom. The van der Waals surface area contributed by atoms with Gasteiger partial charge in [-0.1, -0.05) is 18.2 Å². The minimum absolute atomic E-state index is 0.0240. The van der Waals surface area contributed by atoms with E-state index in [1.165, 1.54) is 6.07 Å². The van der Waals surface area contributed by atoms with Gasteiger partial charge >= 0.3 is 0 Å². The molecule has 1 aliphatic rings. The molecule has 3 heterocycles. The Kier molecular flexibility index (Phi) is 6.48. The van der Waals surface area contributed by atoms with E-state index in [1.54, 1.807) is 23.0 Å². The van der Waals surface area contributed by atoms with E-state index in [-0.39, 0.29) is 17.6 Å². The zero-order valence-corrected chi connectivity index (χ0v) is 18.8. The fraction of sp³-hybridized carbons (Fsp3) is 0.417. The molecule has 4 rings (SSSR count). The second kappa shape index (κ2) is 9.46. The molecule has 1 atom stereocenters. The normalized spacial score (nSPS) is 16.2. The Labute approximate surface area is 187 Å². The van der Waals surface area contributed by atoms with Crippen LogP contribution >= 0.6 is 0 Å². The standard InChI is InChI=1S/C24H29FN6O/c1-17-10-13-31(28-17)14-11-22(32)30-12-6-7-18(16-30)23-20(15-26-24(27-23)29(2)3)19-8-4-5-9-21(19)25/h4-5,8-10,13,15,18H,6-7,11-12,14,16H2,1-3H3/t18-/m1/s1. The number of carbonyl (C=O) groups is 1. The molecule has 1 saturated heterocycles. The van der Waals surface area contributed by atoms with Crippen molar-refractivity contribution in [2.75, 3.05) is 32.1 Å². The number of carbonyl (C=O) groups excluding carboxylic acids is 1. The molecule has 8 heteroatoms. The molecule has 1 aromatic carbocycles. The van der Waals surface area contributed by atoms with Crippen LogP contribution in [0.1, 0.15) is 36.6 Å². The van der Waals surface area contributed by atoms with E-state index in [4.69, 9.17) is 4.98 Å². The summed E-state index contributed by atoms with van der Waals surface area (Å²) in [5.74, 6) is 0.416. The zero-order chi connectivity index (χ0) is 22.7. The molecule has 0 aliphatic carbocycles. The predicted octanol–water partition coefficient (Wildman–Crippen LogP) is 3.65. The molecule has 0 unspecified atom stereocenters. The summed E-state index contributed by atoms with van der Waals surface area (Å²) in [6.45, 7) is 3.80. The number of amides is 1. The number of halogens is 1. The summed E-state index contributed by atoms with van der Waals surface area (Å²) in [6.07, 6.45) is 5.78. The Morgan fingerprint density at radius 2 is 2.03 bits per heavy atom. The molecule has 0 radical (unpaired) electrons. The van der Waals surface area contributed by atoms with Crippen LogP contribution in [0.3, 0.4) is 0 Å². The van der Waals surface area contributed by atoms with Crippen LogP contribution in [0.15, 0.2) is 42.7 Å². The summed E-state index contributed by atoms with van der Waals surface area (Å²) in [5, 5.41) is 4.36. The number of rotatable bonds is 6. The first kappa shape index (κ1) is 21.9. The lowest BCUT2D eigenvalue weighted by molar-refractivity contribution is -0.132. The molecular weight excluding hydrogens is 407 g/mol. The minimum atomic E-state index is -0.298. The summed E-state index contributed by atoms with van der Waals surface area (Å²) in [7, 11) is 3.77. The van der Waals surface area contributed by atoms with Crippen molar-refractivity contribution in [3.63, 3.8) is 0 Å². The number of benzene rings is 1. The zero-order valence-electron chi connectivity index (χ0n) is 18.8. The SMILES string of the molecule is Cc1ccn(CCC(=O)N2CCC[C@@H](c3nc(N(C)C)ncc3-c3ccccc3F)C2)n1. The lowest BCUT2D eigenvalue weighted by Gasteiger charge is -2.33. The maximum Gasteiger partial charge on any atom is 0.225 e. The van der Waals surface area contributed by atoms with E-state index in [0.29, 0.717) is 36.6 Å². The van der Waals surface area contributed by atoms with Crippen molar-refractivity contribution < 1.29 is 9.18 Å². The Balaban J connectivity index is 1.57. The van der Waals surface area contributed by atoms with Crippen LogP contribution < -0.4 is 4.90 Å². The third kappa shape index (κ3) is 4.79. The van der Waals surface area contributed by atoms with Crippen LogP contribution in [-0.4, -0.2) is 57.7 Å². The van der Waals surface area contributed by atoms with E-state index in [1.807, 2.05) is 49.1 Å². The average Bonchev–Trinajstić information content (AvgIpc) is 3.22. The highest BCUT2D eigenvalue weighted by Crippen LogP contribution is 2.35. The first-order valence-corrected chi connectivity index (χ1v) is 11.0. The molecule has 0 saturated carbocycles. The summed E-state index contributed by atoms with van der Waals surface area (Å²) in [4.78, 5) is 25.9. The number of aryl methyl sites for hydroxylation is 2. The number of anilines is 1. The fourth-order valence-electron chi connectivity index (χ4n) is 4.18. The smallest absolute Gasteiger partial charge is 0.225 e. The highest BCUT2D eigenvalue weighted by Gasteiger charge is 2.28. The lowest BCUT2D eigenvalue weighted by atomic mass is 9.89. The first-order valence-electron chi connectivity index (χ1n) is 11.0. The van der Waals surface area contributed by atoms with Crippen molar-refractivity contribution in [3.8, 4) is 11.1 Å². The van der Waals surface area contributed by atoms with Gasteiger partial charge in [0.25, 0.3) is 0 Å². The summed E-state index contributed by atoms with van der Waals surface area (Å²) < 4.78 is 16.4. The van der Waals surface area contributed by atoms with Crippen LogP contribution in [-0.2, 0) is 11.3 Å². The van der Waals surface area contributed by atoms with Gasteiger partial charge in [-0.15, -0.1) is 0 Å².